The number of anilines is 1. The number of carbonyl (C=O) groups is 1. The number of rotatable bonds is 4. The molecule has 0 atom stereocenters. The Morgan fingerprint density at radius 1 is 1.39 bits per heavy atom. The van der Waals surface area contributed by atoms with Crippen molar-refractivity contribution >= 4 is 18.1 Å². The molecule has 0 bridgehead atoms. The van der Waals surface area contributed by atoms with Crippen molar-refractivity contribution in [3.05, 3.63) is 23.5 Å². The molecule has 0 saturated heterocycles. The number of nitrogens with one attached hydrogen (secondary N) is 1. The fraction of sp³-hybridized carbons (Fsp3) is 0.500. The number of nitrogens with zero attached hydrogens (tertiary/aromatic N) is 2. The minimum Gasteiger partial charge on any atom is -0.444 e. The Labute approximate surface area is 131 Å². The van der Waals surface area contributed by atoms with Gasteiger partial charge in [-0.05, 0) is 27.2 Å². The maximum atomic E-state index is 12.8. The van der Waals surface area contributed by atoms with Crippen LogP contribution in [-0.2, 0) is 10.9 Å². The van der Waals surface area contributed by atoms with E-state index in [0.717, 1.165) is 6.20 Å². The van der Waals surface area contributed by atoms with E-state index >= 15 is 0 Å². The van der Waals surface area contributed by atoms with E-state index in [2.05, 4.69) is 15.3 Å². The molecule has 128 valence electrons. The molecule has 3 N–H and O–H groups in total. The molecule has 0 spiro atoms. The van der Waals surface area contributed by atoms with Crippen LogP contribution in [0.2, 0.25) is 0 Å². The number of aromatic nitrogens is 2. The monoisotopic (exact) mass is 332 g/mol. The van der Waals surface area contributed by atoms with Crippen LogP contribution in [0.15, 0.2) is 12.3 Å². The van der Waals surface area contributed by atoms with E-state index in [9.17, 15) is 18.0 Å². The number of halogens is 3. The van der Waals surface area contributed by atoms with Gasteiger partial charge in [-0.15, -0.1) is 0 Å². The van der Waals surface area contributed by atoms with Crippen LogP contribution in [0.5, 0.6) is 0 Å². The van der Waals surface area contributed by atoms with Gasteiger partial charge in [0.05, 0.1) is 0 Å². The molecule has 1 aromatic rings. The summed E-state index contributed by atoms with van der Waals surface area (Å²) in [5.41, 5.74) is 3.28. The number of carbonyl (C=O) groups excluding carboxylic acids is 1. The highest BCUT2D eigenvalue weighted by molar-refractivity contribution is 5.67. The molecule has 0 aromatic carbocycles. The average Bonchev–Trinajstić information content (AvgIpc) is 2.36. The number of hydrogen-bond acceptors (Lipinski definition) is 5. The molecular weight excluding hydrogens is 313 g/mol. The van der Waals surface area contributed by atoms with Gasteiger partial charge in [0.2, 0.25) is 5.95 Å². The third-order valence-corrected chi connectivity index (χ3v) is 2.38. The maximum Gasteiger partial charge on any atom is 0.434 e. The van der Waals surface area contributed by atoms with Gasteiger partial charge >= 0.3 is 12.3 Å². The zero-order valence-corrected chi connectivity index (χ0v) is 13.1. The second-order valence-electron chi connectivity index (χ2n) is 5.65. The lowest BCUT2D eigenvalue weighted by Crippen LogP contribution is -2.32. The Kier molecular flexibility index (Phi) is 5.94. The van der Waals surface area contributed by atoms with Gasteiger partial charge in [-0.25, -0.2) is 14.8 Å². The van der Waals surface area contributed by atoms with Crippen molar-refractivity contribution in [2.24, 2.45) is 0 Å². The number of nitrogens with two attached hydrogens (primary N) is 1. The number of ether oxygens (including phenoxy) is 1. The van der Waals surface area contributed by atoms with Crippen LogP contribution in [0.3, 0.4) is 0 Å². The largest absolute Gasteiger partial charge is 0.444 e. The summed E-state index contributed by atoms with van der Waals surface area (Å²) in [6, 6.07) is 0. The number of amides is 1. The number of hydrogen-bond donors (Lipinski definition) is 2. The first-order valence-corrected chi connectivity index (χ1v) is 6.82. The molecule has 0 aliphatic rings. The van der Waals surface area contributed by atoms with E-state index in [1.54, 1.807) is 20.8 Å². The van der Waals surface area contributed by atoms with Crippen LogP contribution in [-0.4, -0.2) is 28.2 Å². The Morgan fingerprint density at radius 3 is 2.61 bits per heavy atom. The molecule has 0 saturated carbocycles. The van der Waals surface area contributed by atoms with Crippen LogP contribution in [0, 0.1) is 0 Å². The molecule has 9 heteroatoms. The van der Waals surface area contributed by atoms with Crippen molar-refractivity contribution in [3.8, 4) is 0 Å². The van der Waals surface area contributed by atoms with Gasteiger partial charge in [0, 0.05) is 18.3 Å². The zero-order chi connectivity index (χ0) is 17.7. The van der Waals surface area contributed by atoms with Crippen LogP contribution in [0.25, 0.3) is 6.08 Å². The van der Waals surface area contributed by atoms with E-state index in [4.69, 9.17) is 10.5 Å². The molecule has 0 aliphatic heterocycles. The third kappa shape index (κ3) is 6.98. The molecule has 0 fully saturated rings. The topological polar surface area (TPSA) is 90.1 Å². The van der Waals surface area contributed by atoms with Gasteiger partial charge in [0.1, 0.15) is 5.60 Å². The van der Waals surface area contributed by atoms with Gasteiger partial charge in [0.25, 0.3) is 0 Å². The molecule has 0 unspecified atom stereocenters. The van der Waals surface area contributed by atoms with Crippen molar-refractivity contribution in [3.63, 3.8) is 0 Å². The summed E-state index contributed by atoms with van der Waals surface area (Å²) in [7, 11) is 0. The Hall–Kier alpha value is -2.32. The summed E-state index contributed by atoms with van der Waals surface area (Å²) >= 11 is 0. The van der Waals surface area contributed by atoms with Gasteiger partial charge in [0.15, 0.2) is 5.69 Å². The highest BCUT2D eigenvalue weighted by Crippen LogP contribution is 2.31. The first-order valence-electron chi connectivity index (χ1n) is 6.82. The molecule has 1 amide bonds. The molecule has 1 heterocycles. The fourth-order valence-electron chi connectivity index (χ4n) is 1.54. The van der Waals surface area contributed by atoms with Crippen LogP contribution in [0.4, 0.5) is 23.9 Å². The summed E-state index contributed by atoms with van der Waals surface area (Å²) in [4.78, 5) is 18.1. The van der Waals surface area contributed by atoms with Crippen molar-refractivity contribution < 1.29 is 22.7 Å². The summed E-state index contributed by atoms with van der Waals surface area (Å²) in [5.74, 6) is -0.443. The molecule has 6 nitrogen and oxygen atoms in total. The maximum absolute atomic E-state index is 12.8. The predicted molar refractivity (Wildman–Crippen MR) is 79.3 cm³/mol. The summed E-state index contributed by atoms with van der Waals surface area (Å²) in [6.45, 7) is 5.41. The van der Waals surface area contributed by atoms with E-state index < -0.39 is 29.5 Å². The normalized spacial score (nSPS) is 12.4. The molecule has 1 rings (SSSR count). The highest BCUT2D eigenvalue weighted by atomic mass is 19.4. The molecular formula is C14H19F3N4O2. The molecule has 0 radical (unpaired) electrons. The standard InChI is InChI=1S/C14H19F3N4O2/c1-13(2,3)23-12(22)19-7-5-4-6-9-8-20-11(18)21-10(9)14(15,16)17/h4,6,8H,5,7H2,1-3H3,(H,19,22)(H2,18,20,21). The first kappa shape index (κ1) is 18.7. The van der Waals surface area contributed by atoms with E-state index in [-0.39, 0.29) is 12.1 Å². The van der Waals surface area contributed by atoms with Gasteiger partial charge in [-0.3, -0.25) is 0 Å². The average molecular weight is 332 g/mol. The van der Waals surface area contributed by atoms with Crippen molar-refractivity contribution in [1.29, 1.82) is 0 Å². The first-order chi connectivity index (χ1) is 10.5. The lowest BCUT2D eigenvalue weighted by Gasteiger charge is -2.19. The molecule has 0 aliphatic carbocycles. The minimum absolute atomic E-state index is 0.191. The Bertz CT molecular complexity index is 580. The Balaban J connectivity index is 2.58. The molecule has 23 heavy (non-hydrogen) atoms. The van der Waals surface area contributed by atoms with Crippen LogP contribution >= 0.6 is 0 Å². The predicted octanol–water partition coefficient (Wildman–Crippen LogP) is 3.01. The fourth-order valence-corrected chi connectivity index (χ4v) is 1.54. The lowest BCUT2D eigenvalue weighted by atomic mass is 10.2. The van der Waals surface area contributed by atoms with Crippen molar-refractivity contribution in [2.75, 3.05) is 12.3 Å². The van der Waals surface area contributed by atoms with E-state index in [1.165, 1.54) is 12.2 Å². The van der Waals surface area contributed by atoms with Gasteiger partial charge < -0.3 is 15.8 Å². The smallest absolute Gasteiger partial charge is 0.434 e. The minimum atomic E-state index is -4.62. The van der Waals surface area contributed by atoms with E-state index in [1.807, 2.05) is 0 Å². The van der Waals surface area contributed by atoms with Crippen molar-refractivity contribution in [2.45, 2.75) is 39.0 Å². The SMILES string of the molecule is CC(C)(C)OC(=O)NCCC=Cc1cnc(N)nc1C(F)(F)F. The van der Waals surface area contributed by atoms with Gasteiger partial charge in [-0.2, -0.15) is 13.2 Å². The van der Waals surface area contributed by atoms with Gasteiger partial charge in [-0.1, -0.05) is 12.2 Å². The number of alkyl halides is 3. The zero-order valence-electron chi connectivity index (χ0n) is 13.1. The molecule has 1 aromatic heterocycles. The Morgan fingerprint density at radius 2 is 2.04 bits per heavy atom. The summed E-state index contributed by atoms with van der Waals surface area (Å²) < 4.78 is 43.5. The highest BCUT2D eigenvalue weighted by Gasteiger charge is 2.35. The van der Waals surface area contributed by atoms with Crippen LogP contribution in [0.1, 0.15) is 38.4 Å². The number of alkyl carbamates (subject to hydrolysis) is 1. The van der Waals surface area contributed by atoms with Crippen LogP contribution < -0.4 is 11.1 Å². The summed E-state index contributed by atoms with van der Waals surface area (Å²) in [6.07, 6.45) is -1.17. The summed E-state index contributed by atoms with van der Waals surface area (Å²) in [5, 5.41) is 2.49. The lowest BCUT2D eigenvalue weighted by molar-refractivity contribution is -0.141. The second-order valence-corrected chi connectivity index (χ2v) is 5.65. The van der Waals surface area contributed by atoms with Crippen molar-refractivity contribution in [1.82, 2.24) is 15.3 Å². The number of nitrogen functional groups attached to an aromatic ring is 1. The quantitative estimate of drug-likeness (QED) is 0.827. The second kappa shape index (κ2) is 7.30. The third-order valence-electron chi connectivity index (χ3n) is 2.38. The van der Waals surface area contributed by atoms with E-state index in [0.29, 0.717) is 6.42 Å².